The van der Waals surface area contributed by atoms with Crippen LogP contribution in [-0.2, 0) is 16.8 Å². The van der Waals surface area contributed by atoms with Gasteiger partial charge in [0, 0.05) is 17.5 Å². The highest BCUT2D eigenvalue weighted by Crippen LogP contribution is 2.43. The predicted molar refractivity (Wildman–Crippen MR) is 126 cm³/mol. The van der Waals surface area contributed by atoms with Gasteiger partial charge in [0.2, 0.25) is 5.90 Å². The lowest BCUT2D eigenvalue weighted by Crippen LogP contribution is -2.31. The van der Waals surface area contributed by atoms with E-state index in [1.807, 2.05) is 84.9 Å². The highest BCUT2D eigenvalue weighted by molar-refractivity contribution is 5.98. The van der Waals surface area contributed by atoms with Gasteiger partial charge in [0.1, 0.15) is 17.7 Å². The van der Waals surface area contributed by atoms with E-state index in [4.69, 9.17) is 9.73 Å². The molecule has 0 bridgehead atoms. The molecule has 156 valence electrons. The Balaban J connectivity index is 1.51. The van der Waals surface area contributed by atoms with Crippen molar-refractivity contribution in [3.05, 3.63) is 143 Å². The molecule has 1 N–H and O–H groups in total. The van der Waals surface area contributed by atoms with Crippen LogP contribution >= 0.6 is 0 Å². The van der Waals surface area contributed by atoms with Crippen LogP contribution < -0.4 is 0 Å². The summed E-state index contributed by atoms with van der Waals surface area (Å²) in [7, 11) is 0. The summed E-state index contributed by atoms with van der Waals surface area (Å²) < 4.78 is 6.40. The van der Waals surface area contributed by atoms with E-state index in [1.54, 1.807) is 0 Å². The molecule has 6 rings (SSSR count). The molecule has 4 aromatic rings. The third-order valence-electron chi connectivity index (χ3n) is 6.60. The summed E-state index contributed by atoms with van der Waals surface area (Å²) in [6.07, 6.45) is 0.870. The van der Waals surface area contributed by atoms with E-state index in [-0.39, 0.29) is 12.1 Å². The van der Waals surface area contributed by atoms with Crippen molar-refractivity contribution in [3.63, 3.8) is 0 Å². The maximum Gasteiger partial charge on any atom is 0.217 e. The molecule has 2 aliphatic rings. The van der Waals surface area contributed by atoms with E-state index >= 15 is 0 Å². The molecule has 1 aliphatic heterocycles. The van der Waals surface area contributed by atoms with Gasteiger partial charge in [0.25, 0.3) is 0 Å². The van der Waals surface area contributed by atoms with Crippen LogP contribution in [0.2, 0.25) is 0 Å². The second kappa shape index (κ2) is 7.47. The van der Waals surface area contributed by atoms with Gasteiger partial charge in [0.05, 0.1) is 0 Å². The number of nitrogens with zero attached hydrogens (tertiary/aromatic N) is 1. The monoisotopic (exact) mass is 417 g/mol. The van der Waals surface area contributed by atoms with Crippen LogP contribution in [0.15, 0.2) is 114 Å². The fourth-order valence-corrected chi connectivity index (χ4v) is 5.05. The molecule has 0 fully saturated rings. The first-order chi connectivity index (χ1) is 15.7. The topological polar surface area (TPSA) is 41.8 Å². The second-order valence-electron chi connectivity index (χ2n) is 8.43. The first kappa shape index (κ1) is 19.0. The van der Waals surface area contributed by atoms with E-state index < -0.39 is 5.60 Å². The van der Waals surface area contributed by atoms with E-state index in [2.05, 4.69) is 24.3 Å². The minimum atomic E-state index is -1.33. The molecule has 32 heavy (non-hydrogen) atoms. The highest BCUT2D eigenvalue weighted by Gasteiger charge is 2.42. The average Bonchev–Trinajstić information content (AvgIpc) is 3.43. The molecule has 4 aromatic carbocycles. The molecule has 0 amide bonds. The normalized spacial score (nSPS) is 19.1. The quantitative estimate of drug-likeness (QED) is 0.451. The number of benzene rings is 4. The van der Waals surface area contributed by atoms with Crippen LogP contribution in [0, 0.1) is 0 Å². The number of rotatable bonds is 4. The first-order valence-electron chi connectivity index (χ1n) is 11.0. The molecule has 1 aliphatic carbocycles. The molecule has 0 aromatic heterocycles. The molecule has 0 saturated carbocycles. The number of fused-ring (bicyclic) bond motifs is 3. The number of aliphatic imine (C=N–C) groups is 1. The molecular weight excluding hydrogens is 394 g/mol. The van der Waals surface area contributed by atoms with Gasteiger partial charge < -0.3 is 9.84 Å². The highest BCUT2D eigenvalue weighted by atomic mass is 16.5. The van der Waals surface area contributed by atoms with Crippen LogP contribution in [0.3, 0.4) is 0 Å². The van der Waals surface area contributed by atoms with Crippen LogP contribution in [0.4, 0.5) is 0 Å². The summed E-state index contributed by atoms with van der Waals surface area (Å²) in [5.41, 5.74) is 4.43. The average molecular weight is 418 g/mol. The standard InChI is InChI=1S/C29H23NO2/c31-29(21-12-3-1-4-13-21,22-14-5-2-6-15-22)25-18-10-9-17-24(25)28-30-27-23-16-8-7-11-20(23)19-26(27)32-28/h1-18,26-27,31H,19H2/t26-,27+/m1/s1. The van der Waals surface area contributed by atoms with Gasteiger partial charge >= 0.3 is 0 Å². The zero-order chi connectivity index (χ0) is 21.5. The lowest BCUT2D eigenvalue weighted by Gasteiger charge is -2.32. The zero-order valence-corrected chi connectivity index (χ0v) is 17.6. The molecule has 3 nitrogen and oxygen atoms in total. The lowest BCUT2D eigenvalue weighted by atomic mass is 9.78. The SMILES string of the molecule is OC(c1ccccc1)(c1ccccc1)c1ccccc1C1=N[C@H]2c3ccccc3C[C@H]2O1. The Morgan fingerprint density at radius 3 is 2.03 bits per heavy atom. The first-order valence-corrected chi connectivity index (χ1v) is 11.0. The van der Waals surface area contributed by atoms with Crippen LogP contribution in [0.5, 0.6) is 0 Å². The van der Waals surface area contributed by atoms with Crippen molar-refractivity contribution < 1.29 is 9.84 Å². The molecule has 0 saturated heterocycles. The largest absolute Gasteiger partial charge is 0.471 e. The Kier molecular flexibility index (Phi) is 4.44. The minimum Gasteiger partial charge on any atom is -0.471 e. The Morgan fingerprint density at radius 1 is 0.719 bits per heavy atom. The van der Waals surface area contributed by atoms with Gasteiger partial charge in [-0.05, 0) is 28.3 Å². The Hall–Kier alpha value is -3.69. The van der Waals surface area contributed by atoms with Crippen LogP contribution in [0.25, 0.3) is 0 Å². The van der Waals surface area contributed by atoms with Gasteiger partial charge in [-0.3, -0.25) is 0 Å². The van der Waals surface area contributed by atoms with Crippen molar-refractivity contribution in [3.8, 4) is 0 Å². The van der Waals surface area contributed by atoms with E-state index in [1.165, 1.54) is 11.1 Å². The summed E-state index contributed by atoms with van der Waals surface area (Å²) >= 11 is 0. The number of aliphatic hydroxyl groups is 1. The van der Waals surface area contributed by atoms with Gasteiger partial charge in [-0.2, -0.15) is 0 Å². The maximum atomic E-state index is 12.3. The number of hydrogen-bond donors (Lipinski definition) is 1. The minimum absolute atomic E-state index is 0.01000. The fraction of sp³-hybridized carbons (Fsp3) is 0.138. The van der Waals surface area contributed by atoms with Crippen molar-refractivity contribution in [2.75, 3.05) is 0 Å². The van der Waals surface area contributed by atoms with Crippen molar-refractivity contribution in [1.29, 1.82) is 0 Å². The Labute approximate surface area is 187 Å². The summed E-state index contributed by atoms with van der Waals surface area (Å²) in [4.78, 5) is 5.01. The van der Waals surface area contributed by atoms with Gasteiger partial charge in [-0.15, -0.1) is 0 Å². The van der Waals surface area contributed by atoms with E-state index in [9.17, 15) is 5.11 Å². The van der Waals surface area contributed by atoms with Crippen molar-refractivity contribution in [1.82, 2.24) is 0 Å². The van der Waals surface area contributed by atoms with Gasteiger partial charge in [-0.1, -0.05) is 103 Å². The summed E-state index contributed by atoms with van der Waals surface area (Å²) in [5, 5.41) is 12.3. The molecule has 1 heterocycles. The second-order valence-corrected chi connectivity index (χ2v) is 8.43. The van der Waals surface area contributed by atoms with Crippen LogP contribution in [-0.4, -0.2) is 17.1 Å². The number of hydrogen-bond acceptors (Lipinski definition) is 3. The van der Waals surface area contributed by atoms with Crippen molar-refractivity contribution >= 4 is 5.90 Å². The van der Waals surface area contributed by atoms with Crippen molar-refractivity contribution in [2.24, 2.45) is 4.99 Å². The predicted octanol–water partition coefficient (Wildman–Crippen LogP) is 5.41. The zero-order valence-electron chi connectivity index (χ0n) is 17.6. The van der Waals surface area contributed by atoms with E-state index in [0.29, 0.717) is 5.90 Å². The fourth-order valence-electron chi connectivity index (χ4n) is 5.05. The molecule has 3 heteroatoms. The molecular formula is C29H23NO2. The lowest BCUT2D eigenvalue weighted by molar-refractivity contribution is 0.125. The maximum absolute atomic E-state index is 12.3. The number of ether oxygens (including phenoxy) is 1. The third kappa shape index (κ3) is 2.89. The summed E-state index contributed by atoms with van der Waals surface area (Å²) in [6, 6.07) is 36.0. The van der Waals surface area contributed by atoms with Crippen LogP contribution in [0.1, 0.15) is 39.4 Å². The molecule has 0 spiro atoms. The molecule has 2 atom stereocenters. The Morgan fingerprint density at radius 2 is 1.31 bits per heavy atom. The van der Waals surface area contributed by atoms with E-state index in [0.717, 1.165) is 28.7 Å². The summed E-state index contributed by atoms with van der Waals surface area (Å²) in [6.45, 7) is 0. The van der Waals surface area contributed by atoms with Crippen molar-refractivity contribution in [2.45, 2.75) is 24.2 Å². The summed E-state index contributed by atoms with van der Waals surface area (Å²) in [5.74, 6) is 0.607. The van der Waals surface area contributed by atoms with Gasteiger partial charge in [-0.25, -0.2) is 4.99 Å². The smallest absolute Gasteiger partial charge is 0.217 e. The third-order valence-corrected chi connectivity index (χ3v) is 6.60. The van der Waals surface area contributed by atoms with Gasteiger partial charge in [0.15, 0.2) is 0 Å². The molecule has 0 radical (unpaired) electrons. The Bertz CT molecular complexity index is 1260. The molecule has 0 unspecified atom stereocenters.